The number of nitrogen functional groups attached to an aromatic ring is 1. The van der Waals surface area contributed by atoms with Crippen LogP contribution in [0.5, 0.6) is 0 Å². The number of H-pyrrole nitrogens is 1. The largest absolute Gasteiger partial charge is 0.383 e. The Morgan fingerprint density at radius 1 is 1.14 bits per heavy atom. The Morgan fingerprint density at radius 2 is 1.82 bits per heavy atom. The minimum Gasteiger partial charge on any atom is -0.383 e. The summed E-state index contributed by atoms with van der Waals surface area (Å²) >= 11 is 2.10. The highest BCUT2D eigenvalue weighted by Gasteiger charge is 2.26. The van der Waals surface area contributed by atoms with E-state index in [-0.39, 0.29) is 17.4 Å². The van der Waals surface area contributed by atoms with E-state index < -0.39 is 11.2 Å². The molecule has 7 nitrogen and oxygen atoms in total. The van der Waals surface area contributed by atoms with Gasteiger partial charge in [-0.25, -0.2) is 4.79 Å². The van der Waals surface area contributed by atoms with E-state index >= 15 is 0 Å². The smallest absolute Gasteiger partial charge is 0.330 e. The Kier molecular flexibility index (Phi) is 8.28. The second-order valence-electron chi connectivity index (χ2n) is 6.64. The molecule has 0 aliphatic heterocycles. The third-order valence-corrected chi connectivity index (χ3v) is 5.49. The highest BCUT2D eigenvalue weighted by molar-refractivity contribution is 14.1. The summed E-state index contributed by atoms with van der Waals surface area (Å²) in [4.78, 5) is 41.9. The molecule has 8 heteroatoms. The van der Waals surface area contributed by atoms with Gasteiger partial charge in [0.1, 0.15) is 5.82 Å². The van der Waals surface area contributed by atoms with Gasteiger partial charge in [0, 0.05) is 16.7 Å². The van der Waals surface area contributed by atoms with Crippen LogP contribution in [0.4, 0.5) is 11.5 Å². The SMILES string of the molecule is CCCCCN(C(=O)c1ccccc1I)c1c(N)n(CCCC)c(=O)[nH]c1=O. The van der Waals surface area contributed by atoms with Gasteiger partial charge in [-0.15, -0.1) is 0 Å². The van der Waals surface area contributed by atoms with Gasteiger partial charge in [-0.2, -0.15) is 0 Å². The summed E-state index contributed by atoms with van der Waals surface area (Å²) in [7, 11) is 0. The van der Waals surface area contributed by atoms with Crippen LogP contribution in [0.3, 0.4) is 0 Å². The van der Waals surface area contributed by atoms with Gasteiger partial charge in [0.2, 0.25) is 0 Å². The van der Waals surface area contributed by atoms with Gasteiger partial charge in [-0.1, -0.05) is 45.2 Å². The second kappa shape index (κ2) is 10.4. The van der Waals surface area contributed by atoms with Gasteiger partial charge < -0.3 is 10.6 Å². The molecule has 0 saturated carbocycles. The van der Waals surface area contributed by atoms with Crippen molar-refractivity contribution in [1.82, 2.24) is 9.55 Å². The summed E-state index contributed by atoms with van der Waals surface area (Å²) in [6.45, 7) is 4.83. The molecule has 0 atom stereocenters. The molecule has 0 saturated heterocycles. The molecule has 28 heavy (non-hydrogen) atoms. The number of carbonyl (C=O) groups is 1. The number of benzene rings is 1. The van der Waals surface area contributed by atoms with E-state index in [1.807, 2.05) is 19.1 Å². The lowest BCUT2D eigenvalue weighted by Crippen LogP contribution is -2.42. The van der Waals surface area contributed by atoms with Crippen molar-refractivity contribution in [1.29, 1.82) is 0 Å². The number of halogens is 1. The van der Waals surface area contributed by atoms with Gasteiger partial charge in [-0.3, -0.25) is 19.1 Å². The van der Waals surface area contributed by atoms with Crippen molar-refractivity contribution < 1.29 is 4.79 Å². The molecule has 2 rings (SSSR count). The molecule has 1 aromatic carbocycles. The van der Waals surface area contributed by atoms with E-state index in [2.05, 4.69) is 34.5 Å². The standard InChI is InChI=1S/C20H27IN4O3/c1-3-5-9-13-24(19(27)14-10-7-8-11-15(14)21)16-17(22)25(12-6-4-2)20(28)23-18(16)26/h7-8,10-11H,3-6,9,12-13,22H2,1-2H3,(H,23,26,28). The zero-order valence-corrected chi connectivity index (χ0v) is 18.5. The van der Waals surface area contributed by atoms with Crippen molar-refractivity contribution in [2.45, 2.75) is 52.5 Å². The first-order valence-electron chi connectivity index (χ1n) is 9.61. The third kappa shape index (κ3) is 5.03. The molecule has 0 aliphatic rings. The van der Waals surface area contributed by atoms with E-state index in [4.69, 9.17) is 5.73 Å². The Labute approximate surface area is 178 Å². The molecule has 0 fully saturated rings. The molecule has 0 aliphatic carbocycles. The molecule has 0 bridgehead atoms. The van der Waals surface area contributed by atoms with Crippen molar-refractivity contribution in [3.63, 3.8) is 0 Å². The summed E-state index contributed by atoms with van der Waals surface area (Å²) in [6.07, 6.45) is 4.26. The lowest BCUT2D eigenvalue weighted by atomic mass is 10.1. The molecular weight excluding hydrogens is 471 g/mol. The molecule has 0 radical (unpaired) electrons. The normalized spacial score (nSPS) is 10.8. The molecule has 1 heterocycles. The zero-order valence-electron chi connectivity index (χ0n) is 16.3. The number of aromatic nitrogens is 2. The van der Waals surface area contributed by atoms with Gasteiger partial charge >= 0.3 is 5.69 Å². The number of hydrogen-bond acceptors (Lipinski definition) is 4. The van der Waals surface area contributed by atoms with Gasteiger partial charge in [-0.05, 0) is 47.6 Å². The fourth-order valence-corrected chi connectivity index (χ4v) is 3.61. The number of anilines is 2. The number of carbonyl (C=O) groups excluding carboxylic acids is 1. The van der Waals surface area contributed by atoms with Crippen LogP contribution in [0.1, 0.15) is 56.3 Å². The van der Waals surface area contributed by atoms with Crippen molar-refractivity contribution >= 4 is 40.0 Å². The highest BCUT2D eigenvalue weighted by atomic mass is 127. The van der Waals surface area contributed by atoms with Crippen LogP contribution in [0.25, 0.3) is 0 Å². The van der Waals surface area contributed by atoms with Crippen LogP contribution >= 0.6 is 22.6 Å². The molecular formula is C20H27IN4O3. The minimum absolute atomic E-state index is 0.0398. The van der Waals surface area contributed by atoms with E-state index in [1.165, 1.54) is 9.47 Å². The molecule has 152 valence electrons. The minimum atomic E-state index is -0.633. The average Bonchev–Trinajstić information content (AvgIpc) is 2.66. The number of nitrogens with zero attached hydrogens (tertiary/aromatic N) is 2. The van der Waals surface area contributed by atoms with E-state index in [9.17, 15) is 14.4 Å². The molecule has 2 aromatic rings. The maximum Gasteiger partial charge on any atom is 0.330 e. The Hall–Kier alpha value is -2.10. The summed E-state index contributed by atoms with van der Waals surface area (Å²) < 4.78 is 2.14. The van der Waals surface area contributed by atoms with Crippen molar-refractivity contribution in [3.8, 4) is 0 Å². The predicted molar refractivity (Wildman–Crippen MR) is 121 cm³/mol. The Morgan fingerprint density at radius 3 is 2.46 bits per heavy atom. The maximum atomic E-state index is 13.3. The summed E-state index contributed by atoms with van der Waals surface area (Å²) in [5.74, 6) is -0.253. The van der Waals surface area contributed by atoms with E-state index in [0.717, 1.165) is 35.7 Å². The van der Waals surface area contributed by atoms with Crippen LogP contribution in [-0.2, 0) is 6.54 Å². The lowest BCUT2D eigenvalue weighted by Gasteiger charge is -2.25. The number of amides is 1. The van der Waals surface area contributed by atoms with Crippen LogP contribution < -0.4 is 21.9 Å². The highest BCUT2D eigenvalue weighted by Crippen LogP contribution is 2.22. The van der Waals surface area contributed by atoms with Crippen LogP contribution in [0.2, 0.25) is 0 Å². The van der Waals surface area contributed by atoms with Crippen molar-refractivity contribution in [2.75, 3.05) is 17.2 Å². The number of aromatic amines is 1. The number of rotatable bonds is 9. The Balaban J connectivity index is 2.57. The number of hydrogen-bond donors (Lipinski definition) is 2. The van der Waals surface area contributed by atoms with E-state index in [1.54, 1.807) is 12.1 Å². The molecule has 0 unspecified atom stereocenters. The van der Waals surface area contributed by atoms with Crippen LogP contribution in [0, 0.1) is 3.57 Å². The third-order valence-electron chi connectivity index (χ3n) is 4.55. The first-order valence-corrected chi connectivity index (χ1v) is 10.7. The maximum absolute atomic E-state index is 13.3. The fraction of sp³-hybridized carbons (Fsp3) is 0.450. The molecule has 1 amide bonds. The summed E-state index contributed by atoms with van der Waals surface area (Å²) in [6, 6.07) is 7.21. The lowest BCUT2D eigenvalue weighted by molar-refractivity contribution is 0.0985. The second-order valence-corrected chi connectivity index (χ2v) is 7.80. The van der Waals surface area contributed by atoms with Gasteiger partial charge in [0.05, 0.1) is 5.56 Å². The zero-order chi connectivity index (χ0) is 20.7. The predicted octanol–water partition coefficient (Wildman–Crippen LogP) is 3.36. The summed E-state index contributed by atoms with van der Waals surface area (Å²) in [5, 5.41) is 0. The first-order chi connectivity index (χ1) is 13.4. The van der Waals surface area contributed by atoms with Crippen LogP contribution in [0.15, 0.2) is 33.9 Å². The fourth-order valence-electron chi connectivity index (χ4n) is 2.99. The average molecular weight is 498 g/mol. The van der Waals surface area contributed by atoms with Gasteiger partial charge in [0.15, 0.2) is 5.69 Å². The summed E-state index contributed by atoms with van der Waals surface area (Å²) in [5.41, 5.74) is 5.61. The molecule has 3 N–H and O–H groups in total. The first kappa shape index (κ1) is 22.2. The van der Waals surface area contributed by atoms with Crippen LogP contribution in [-0.4, -0.2) is 22.0 Å². The number of unbranched alkanes of at least 4 members (excludes halogenated alkanes) is 3. The quantitative estimate of drug-likeness (QED) is 0.409. The van der Waals surface area contributed by atoms with Gasteiger partial charge in [0.25, 0.3) is 11.5 Å². The molecule has 0 spiro atoms. The van der Waals surface area contributed by atoms with Crippen molar-refractivity contribution in [2.24, 2.45) is 0 Å². The van der Waals surface area contributed by atoms with Crippen molar-refractivity contribution in [3.05, 3.63) is 54.2 Å². The van der Waals surface area contributed by atoms with E-state index in [0.29, 0.717) is 18.7 Å². The number of nitrogens with two attached hydrogens (primary N) is 1. The number of nitrogens with one attached hydrogen (secondary N) is 1. The topological polar surface area (TPSA) is 101 Å². The Bertz CT molecular complexity index is 936. The molecule has 1 aromatic heterocycles. The monoisotopic (exact) mass is 498 g/mol.